The summed E-state index contributed by atoms with van der Waals surface area (Å²) in [6.45, 7) is 8.82. The van der Waals surface area contributed by atoms with Crippen molar-refractivity contribution >= 4 is 23.5 Å². The second-order valence-corrected chi connectivity index (χ2v) is 6.36. The SMILES string of the molecule is CCOC(=O)N1CCN(c2nc(C)cc(Nc3ccc(C)cc3)n2)CC1. The number of ether oxygens (including phenoxy) is 1. The molecule has 2 aromatic rings. The van der Waals surface area contributed by atoms with E-state index in [1.54, 1.807) is 4.90 Å². The van der Waals surface area contributed by atoms with Crippen molar-refractivity contribution in [2.24, 2.45) is 0 Å². The van der Waals surface area contributed by atoms with Gasteiger partial charge in [0.1, 0.15) is 5.82 Å². The fourth-order valence-corrected chi connectivity index (χ4v) is 2.85. The van der Waals surface area contributed by atoms with Gasteiger partial charge in [0.05, 0.1) is 6.61 Å². The van der Waals surface area contributed by atoms with E-state index in [-0.39, 0.29) is 6.09 Å². The Bertz CT molecular complexity index is 755. The second-order valence-electron chi connectivity index (χ2n) is 6.36. The molecule has 3 rings (SSSR count). The number of anilines is 3. The predicted octanol–water partition coefficient (Wildman–Crippen LogP) is 3.12. The minimum atomic E-state index is -0.251. The number of hydrogen-bond donors (Lipinski definition) is 1. The average molecular weight is 355 g/mol. The van der Waals surface area contributed by atoms with Gasteiger partial charge in [-0.25, -0.2) is 9.78 Å². The van der Waals surface area contributed by atoms with Crippen LogP contribution in [-0.4, -0.2) is 53.7 Å². The van der Waals surface area contributed by atoms with Gasteiger partial charge in [0, 0.05) is 43.6 Å². The van der Waals surface area contributed by atoms with E-state index in [0.717, 1.165) is 17.2 Å². The fourth-order valence-electron chi connectivity index (χ4n) is 2.85. The number of rotatable bonds is 4. The molecule has 26 heavy (non-hydrogen) atoms. The van der Waals surface area contributed by atoms with Gasteiger partial charge in [-0.3, -0.25) is 0 Å². The van der Waals surface area contributed by atoms with Gasteiger partial charge in [-0.2, -0.15) is 4.98 Å². The summed E-state index contributed by atoms with van der Waals surface area (Å²) in [5, 5.41) is 3.33. The Hall–Kier alpha value is -2.83. The maximum absolute atomic E-state index is 11.8. The van der Waals surface area contributed by atoms with Gasteiger partial charge in [0.25, 0.3) is 0 Å². The number of hydrogen-bond acceptors (Lipinski definition) is 6. The minimum absolute atomic E-state index is 0.251. The maximum Gasteiger partial charge on any atom is 0.409 e. The monoisotopic (exact) mass is 355 g/mol. The number of aryl methyl sites for hydroxylation is 2. The average Bonchev–Trinajstić information content (AvgIpc) is 2.63. The lowest BCUT2D eigenvalue weighted by Crippen LogP contribution is -2.49. The highest BCUT2D eigenvalue weighted by Crippen LogP contribution is 2.20. The molecule has 0 bridgehead atoms. The Labute approximate surface area is 154 Å². The molecule has 0 spiro atoms. The highest BCUT2D eigenvalue weighted by Gasteiger charge is 2.23. The molecule has 0 unspecified atom stereocenters. The van der Waals surface area contributed by atoms with E-state index in [9.17, 15) is 4.79 Å². The van der Waals surface area contributed by atoms with Crippen LogP contribution >= 0.6 is 0 Å². The van der Waals surface area contributed by atoms with Gasteiger partial charge < -0.3 is 19.9 Å². The van der Waals surface area contributed by atoms with Gasteiger partial charge in [0.15, 0.2) is 0 Å². The molecular weight excluding hydrogens is 330 g/mol. The number of piperazine rings is 1. The van der Waals surface area contributed by atoms with Crippen molar-refractivity contribution in [2.75, 3.05) is 43.0 Å². The van der Waals surface area contributed by atoms with Crippen LogP contribution in [0.15, 0.2) is 30.3 Å². The summed E-state index contributed by atoms with van der Waals surface area (Å²) in [6.07, 6.45) is -0.251. The smallest absolute Gasteiger partial charge is 0.409 e. The molecule has 7 nitrogen and oxygen atoms in total. The molecule has 1 amide bonds. The number of benzene rings is 1. The van der Waals surface area contributed by atoms with Gasteiger partial charge in [-0.05, 0) is 32.9 Å². The molecule has 0 aliphatic carbocycles. The molecule has 0 saturated carbocycles. The zero-order valence-electron chi connectivity index (χ0n) is 15.5. The lowest BCUT2D eigenvalue weighted by atomic mass is 10.2. The van der Waals surface area contributed by atoms with Gasteiger partial charge in [-0.15, -0.1) is 0 Å². The maximum atomic E-state index is 11.8. The van der Waals surface area contributed by atoms with Crippen molar-refractivity contribution in [3.63, 3.8) is 0 Å². The summed E-state index contributed by atoms with van der Waals surface area (Å²) >= 11 is 0. The van der Waals surface area contributed by atoms with E-state index >= 15 is 0 Å². The van der Waals surface area contributed by atoms with Crippen LogP contribution in [0.2, 0.25) is 0 Å². The molecule has 0 atom stereocenters. The lowest BCUT2D eigenvalue weighted by molar-refractivity contribution is 0.105. The van der Waals surface area contributed by atoms with Crippen LogP contribution in [0, 0.1) is 13.8 Å². The number of aromatic nitrogens is 2. The second kappa shape index (κ2) is 8.03. The number of nitrogens with zero attached hydrogens (tertiary/aromatic N) is 4. The molecule has 1 saturated heterocycles. The molecule has 2 heterocycles. The van der Waals surface area contributed by atoms with Crippen molar-refractivity contribution in [2.45, 2.75) is 20.8 Å². The van der Waals surface area contributed by atoms with Crippen LogP contribution in [-0.2, 0) is 4.74 Å². The first-order valence-electron chi connectivity index (χ1n) is 8.91. The van der Waals surface area contributed by atoms with Crippen molar-refractivity contribution in [1.82, 2.24) is 14.9 Å². The molecule has 138 valence electrons. The molecular formula is C19H25N5O2. The van der Waals surface area contributed by atoms with Crippen LogP contribution < -0.4 is 10.2 Å². The number of nitrogens with one attached hydrogen (secondary N) is 1. The summed E-state index contributed by atoms with van der Waals surface area (Å²) in [7, 11) is 0. The number of carbonyl (C=O) groups is 1. The summed E-state index contributed by atoms with van der Waals surface area (Å²) in [5.41, 5.74) is 3.11. The van der Waals surface area contributed by atoms with E-state index < -0.39 is 0 Å². The molecule has 1 aromatic carbocycles. The van der Waals surface area contributed by atoms with Crippen LogP contribution in [0.1, 0.15) is 18.2 Å². The third-order valence-corrected chi connectivity index (χ3v) is 4.25. The first kappa shape index (κ1) is 18.0. The van der Waals surface area contributed by atoms with Gasteiger partial charge in [-0.1, -0.05) is 17.7 Å². The molecule has 1 fully saturated rings. The van der Waals surface area contributed by atoms with Crippen molar-refractivity contribution in [3.8, 4) is 0 Å². The zero-order chi connectivity index (χ0) is 18.5. The fraction of sp³-hybridized carbons (Fsp3) is 0.421. The molecule has 1 aliphatic rings. The predicted molar refractivity (Wildman–Crippen MR) is 102 cm³/mol. The van der Waals surface area contributed by atoms with E-state index in [2.05, 4.69) is 39.2 Å². The topological polar surface area (TPSA) is 70.6 Å². The molecule has 0 radical (unpaired) electrons. The Kier molecular flexibility index (Phi) is 5.55. The van der Waals surface area contributed by atoms with Crippen molar-refractivity contribution in [3.05, 3.63) is 41.6 Å². The summed E-state index contributed by atoms with van der Waals surface area (Å²) in [6, 6.07) is 10.1. The first-order chi connectivity index (χ1) is 12.5. The van der Waals surface area contributed by atoms with Crippen molar-refractivity contribution in [1.29, 1.82) is 0 Å². The minimum Gasteiger partial charge on any atom is -0.450 e. The summed E-state index contributed by atoms with van der Waals surface area (Å²) < 4.78 is 5.06. The highest BCUT2D eigenvalue weighted by atomic mass is 16.6. The van der Waals surface area contributed by atoms with Crippen LogP contribution in [0.25, 0.3) is 0 Å². The van der Waals surface area contributed by atoms with E-state index in [1.807, 2.05) is 32.0 Å². The normalized spacial score (nSPS) is 14.3. The van der Waals surface area contributed by atoms with E-state index in [1.165, 1.54) is 5.56 Å². The first-order valence-corrected chi connectivity index (χ1v) is 8.91. The van der Waals surface area contributed by atoms with Crippen LogP contribution in [0.5, 0.6) is 0 Å². The van der Waals surface area contributed by atoms with Crippen LogP contribution in [0.3, 0.4) is 0 Å². The third-order valence-electron chi connectivity index (χ3n) is 4.25. The highest BCUT2D eigenvalue weighted by molar-refractivity contribution is 5.68. The zero-order valence-corrected chi connectivity index (χ0v) is 15.5. The summed E-state index contributed by atoms with van der Waals surface area (Å²) in [4.78, 5) is 24.9. The Balaban J connectivity index is 1.68. The Morgan fingerprint density at radius 1 is 1.12 bits per heavy atom. The van der Waals surface area contributed by atoms with Gasteiger partial charge >= 0.3 is 6.09 Å². The largest absolute Gasteiger partial charge is 0.450 e. The Morgan fingerprint density at radius 2 is 1.81 bits per heavy atom. The van der Waals surface area contributed by atoms with Crippen molar-refractivity contribution < 1.29 is 9.53 Å². The number of carbonyl (C=O) groups excluding carboxylic acids is 1. The van der Waals surface area contributed by atoms with E-state index in [4.69, 9.17) is 4.74 Å². The number of amides is 1. The standard InChI is InChI=1S/C19H25N5O2/c1-4-26-19(25)24-11-9-23(10-12-24)18-20-15(3)13-17(22-18)21-16-7-5-14(2)6-8-16/h5-8,13H,4,9-12H2,1-3H3,(H,20,21,22). The molecule has 7 heteroatoms. The molecule has 1 N–H and O–H groups in total. The van der Waals surface area contributed by atoms with Gasteiger partial charge in [0.2, 0.25) is 5.95 Å². The molecule has 1 aliphatic heterocycles. The molecule has 1 aromatic heterocycles. The van der Waals surface area contributed by atoms with E-state index in [0.29, 0.717) is 38.7 Å². The quantitative estimate of drug-likeness (QED) is 0.909. The third kappa shape index (κ3) is 4.41. The summed E-state index contributed by atoms with van der Waals surface area (Å²) in [5.74, 6) is 1.45. The Morgan fingerprint density at radius 3 is 2.46 bits per heavy atom. The van der Waals surface area contributed by atoms with Crippen LogP contribution in [0.4, 0.5) is 22.2 Å². The lowest BCUT2D eigenvalue weighted by Gasteiger charge is -2.34.